The van der Waals surface area contributed by atoms with Crippen LogP contribution in [0.3, 0.4) is 0 Å². The summed E-state index contributed by atoms with van der Waals surface area (Å²) in [5.74, 6) is -0.568. The van der Waals surface area contributed by atoms with E-state index >= 15 is 0 Å². The summed E-state index contributed by atoms with van der Waals surface area (Å²) in [6, 6.07) is 15.2. The molecular formula is C22H24N2O3. The minimum absolute atomic E-state index is 0.270. The van der Waals surface area contributed by atoms with Gasteiger partial charge in [0.2, 0.25) is 0 Å². The van der Waals surface area contributed by atoms with Crippen LogP contribution in [-0.2, 0) is 14.3 Å². The lowest BCUT2D eigenvalue weighted by Gasteiger charge is -2.15. The molecule has 0 aliphatic carbocycles. The zero-order chi connectivity index (χ0) is 19.4. The van der Waals surface area contributed by atoms with E-state index in [1.165, 1.54) is 10.5 Å². The lowest BCUT2D eigenvalue weighted by Crippen LogP contribution is -2.33. The van der Waals surface area contributed by atoms with Crippen molar-refractivity contribution in [1.82, 2.24) is 4.90 Å². The molecule has 0 atom stereocenters. The van der Waals surface area contributed by atoms with E-state index < -0.39 is 0 Å². The maximum atomic E-state index is 13.0. The lowest BCUT2D eigenvalue weighted by molar-refractivity contribution is -0.136. The Morgan fingerprint density at radius 3 is 2.37 bits per heavy atom. The second kappa shape index (κ2) is 8.18. The average molecular weight is 364 g/mol. The molecule has 3 rings (SSSR count). The number of nitrogens with one attached hydrogen (secondary N) is 1. The van der Waals surface area contributed by atoms with Crippen molar-refractivity contribution in [3.05, 3.63) is 70.9 Å². The van der Waals surface area contributed by atoms with Crippen molar-refractivity contribution in [2.75, 3.05) is 25.6 Å². The molecule has 1 heterocycles. The van der Waals surface area contributed by atoms with Gasteiger partial charge in [0, 0.05) is 25.9 Å². The van der Waals surface area contributed by atoms with Gasteiger partial charge in [0.1, 0.15) is 5.70 Å². The molecule has 0 bridgehead atoms. The number of imide groups is 1. The van der Waals surface area contributed by atoms with E-state index in [1.54, 1.807) is 7.11 Å². The van der Waals surface area contributed by atoms with Gasteiger partial charge in [-0.2, -0.15) is 0 Å². The molecule has 140 valence electrons. The normalized spacial score (nSPS) is 14.3. The van der Waals surface area contributed by atoms with Crippen molar-refractivity contribution in [3.63, 3.8) is 0 Å². The summed E-state index contributed by atoms with van der Waals surface area (Å²) in [6.07, 6.45) is 0.604. The summed E-state index contributed by atoms with van der Waals surface area (Å²) in [5.41, 5.74) is 4.56. The average Bonchev–Trinajstić information content (AvgIpc) is 2.90. The van der Waals surface area contributed by atoms with E-state index in [0.717, 1.165) is 16.8 Å². The zero-order valence-corrected chi connectivity index (χ0v) is 15.9. The Morgan fingerprint density at radius 1 is 0.963 bits per heavy atom. The van der Waals surface area contributed by atoms with Crippen LogP contribution in [0.1, 0.15) is 23.1 Å². The number of carbonyl (C=O) groups is 2. The van der Waals surface area contributed by atoms with Crippen molar-refractivity contribution in [2.24, 2.45) is 0 Å². The van der Waals surface area contributed by atoms with Gasteiger partial charge in [0.05, 0.1) is 5.57 Å². The first kappa shape index (κ1) is 18.9. The Balaban J connectivity index is 1.98. The number of rotatable bonds is 7. The van der Waals surface area contributed by atoms with Crippen LogP contribution in [-0.4, -0.2) is 37.0 Å². The molecule has 0 fully saturated rings. The molecule has 0 radical (unpaired) electrons. The number of benzene rings is 2. The molecule has 2 amide bonds. The maximum Gasteiger partial charge on any atom is 0.278 e. The number of aryl methyl sites for hydroxylation is 2. The third-order valence-corrected chi connectivity index (χ3v) is 4.74. The van der Waals surface area contributed by atoms with Crippen molar-refractivity contribution >= 4 is 23.1 Å². The van der Waals surface area contributed by atoms with E-state index in [2.05, 4.69) is 5.32 Å². The first-order valence-electron chi connectivity index (χ1n) is 9.02. The van der Waals surface area contributed by atoms with Crippen LogP contribution >= 0.6 is 0 Å². The highest BCUT2D eigenvalue weighted by Crippen LogP contribution is 2.30. The molecule has 5 nitrogen and oxygen atoms in total. The SMILES string of the molecule is COCCCN1C(=O)C(Nc2ccc(C)c(C)c2)=C(c2ccccc2)C1=O. The van der Waals surface area contributed by atoms with Gasteiger partial charge >= 0.3 is 0 Å². The van der Waals surface area contributed by atoms with E-state index in [-0.39, 0.29) is 11.8 Å². The molecule has 27 heavy (non-hydrogen) atoms. The molecule has 0 unspecified atom stereocenters. The molecular weight excluding hydrogens is 340 g/mol. The van der Waals surface area contributed by atoms with E-state index in [9.17, 15) is 9.59 Å². The number of carbonyl (C=O) groups excluding carboxylic acids is 2. The Bertz CT molecular complexity index is 888. The van der Waals surface area contributed by atoms with Crippen molar-refractivity contribution in [1.29, 1.82) is 0 Å². The highest BCUT2D eigenvalue weighted by Gasteiger charge is 2.38. The Morgan fingerprint density at radius 2 is 1.70 bits per heavy atom. The smallest absolute Gasteiger partial charge is 0.278 e. The third kappa shape index (κ3) is 3.93. The number of nitrogens with zero attached hydrogens (tertiary/aromatic N) is 1. The van der Waals surface area contributed by atoms with Gasteiger partial charge in [0.25, 0.3) is 11.8 Å². The van der Waals surface area contributed by atoms with Crippen LogP contribution in [0, 0.1) is 13.8 Å². The standard InChI is InChI=1S/C22H24N2O3/c1-15-10-11-18(14-16(15)2)23-20-19(17-8-5-4-6-9-17)21(25)24(22(20)26)12-7-13-27-3/h4-6,8-11,14,23H,7,12-13H2,1-3H3. The van der Waals surface area contributed by atoms with Crippen molar-refractivity contribution < 1.29 is 14.3 Å². The molecule has 0 aromatic heterocycles. The number of ether oxygens (including phenoxy) is 1. The first-order valence-corrected chi connectivity index (χ1v) is 9.02. The van der Waals surface area contributed by atoms with Gasteiger partial charge in [0.15, 0.2) is 0 Å². The molecule has 5 heteroatoms. The van der Waals surface area contributed by atoms with Crippen molar-refractivity contribution in [3.8, 4) is 0 Å². The van der Waals surface area contributed by atoms with E-state index in [1.807, 2.05) is 62.4 Å². The van der Waals surface area contributed by atoms with Crippen LogP contribution in [0.15, 0.2) is 54.2 Å². The Hall–Kier alpha value is -2.92. The fourth-order valence-electron chi connectivity index (χ4n) is 3.10. The van der Waals surface area contributed by atoms with Gasteiger partial charge in [-0.05, 0) is 49.1 Å². The summed E-state index contributed by atoms with van der Waals surface area (Å²) in [7, 11) is 1.61. The third-order valence-electron chi connectivity index (χ3n) is 4.74. The highest BCUT2D eigenvalue weighted by molar-refractivity contribution is 6.36. The number of methoxy groups -OCH3 is 1. The maximum absolute atomic E-state index is 13.0. The molecule has 2 aromatic rings. The predicted octanol–water partition coefficient (Wildman–Crippen LogP) is 3.53. The molecule has 2 aromatic carbocycles. The van der Waals surface area contributed by atoms with Crippen LogP contribution < -0.4 is 5.32 Å². The van der Waals surface area contributed by atoms with E-state index in [0.29, 0.717) is 30.8 Å². The van der Waals surface area contributed by atoms with Crippen LogP contribution in [0.5, 0.6) is 0 Å². The second-order valence-corrected chi connectivity index (χ2v) is 6.65. The summed E-state index contributed by atoms with van der Waals surface area (Å²) >= 11 is 0. The van der Waals surface area contributed by atoms with Crippen LogP contribution in [0.25, 0.3) is 5.57 Å². The molecule has 1 N–H and O–H groups in total. The summed E-state index contributed by atoms with van der Waals surface area (Å²) in [5, 5.41) is 3.19. The lowest BCUT2D eigenvalue weighted by atomic mass is 10.0. The van der Waals surface area contributed by atoms with Crippen LogP contribution in [0.2, 0.25) is 0 Å². The van der Waals surface area contributed by atoms with Crippen molar-refractivity contribution in [2.45, 2.75) is 20.3 Å². The second-order valence-electron chi connectivity index (χ2n) is 6.65. The van der Waals surface area contributed by atoms with E-state index in [4.69, 9.17) is 4.74 Å². The van der Waals surface area contributed by atoms with Gasteiger partial charge < -0.3 is 10.1 Å². The Kier molecular flexibility index (Phi) is 5.72. The first-order chi connectivity index (χ1) is 13.0. The predicted molar refractivity (Wildman–Crippen MR) is 106 cm³/mol. The minimum Gasteiger partial charge on any atom is -0.385 e. The largest absolute Gasteiger partial charge is 0.385 e. The molecule has 0 saturated heterocycles. The van der Waals surface area contributed by atoms with Gasteiger partial charge in [-0.3, -0.25) is 14.5 Å². The minimum atomic E-state index is -0.298. The van der Waals surface area contributed by atoms with Gasteiger partial charge in [-0.15, -0.1) is 0 Å². The number of hydrogen-bond donors (Lipinski definition) is 1. The molecule has 1 aliphatic heterocycles. The van der Waals surface area contributed by atoms with Crippen LogP contribution in [0.4, 0.5) is 5.69 Å². The summed E-state index contributed by atoms with van der Waals surface area (Å²) < 4.78 is 5.05. The zero-order valence-electron chi connectivity index (χ0n) is 15.9. The molecule has 0 saturated carbocycles. The van der Waals surface area contributed by atoms with Gasteiger partial charge in [-0.1, -0.05) is 36.4 Å². The molecule has 1 aliphatic rings. The fraction of sp³-hybridized carbons (Fsp3) is 0.273. The summed E-state index contributed by atoms with van der Waals surface area (Å²) in [4.78, 5) is 27.3. The quantitative estimate of drug-likeness (QED) is 0.603. The number of amides is 2. The monoisotopic (exact) mass is 364 g/mol. The number of hydrogen-bond acceptors (Lipinski definition) is 4. The fourth-order valence-corrected chi connectivity index (χ4v) is 3.10. The number of anilines is 1. The van der Waals surface area contributed by atoms with Gasteiger partial charge in [-0.25, -0.2) is 0 Å². The Labute approximate surface area is 159 Å². The highest BCUT2D eigenvalue weighted by atomic mass is 16.5. The topological polar surface area (TPSA) is 58.6 Å². The molecule has 0 spiro atoms. The summed E-state index contributed by atoms with van der Waals surface area (Å²) in [6.45, 7) is 4.89.